The largest absolute Gasteiger partial charge is 0.481 e. The second-order valence-corrected chi connectivity index (χ2v) is 9.17. The molecule has 0 aliphatic carbocycles. The lowest BCUT2D eigenvalue weighted by atomic mass is 9.96. The number of halogens is 2. The summed E-state index contributed by atoms with van der Waals surface area (Å²) in [6.07, 6.45) is 1.84. The lowest BCUT2D eigenvalue weighted by Crippen LogP contribution is -2.51. The number of benzene rings is 1. The van der Waals surface area contributed by atoms with Crippen LogP contribution in [-0.4, -0.2) is 62.2 Å². The Morgan fingerprint density at radius 2 is 2.00 bits per heavy atom. The Morgan fingerprint density at radius 1 is 1.28 bits per heavy atom. The van der Waals surface area contributed by atoms with Crippen molar-refractivity contribution in [3.63, 3.8) is 0 Å². The van der Waals surface area contributed by atoms with E-state index < -0.39 is 5.97 Å². The Labute approximate surface area is 191 Å². The monoisotopic (exact) mass is 462 g/mol. The lowest BCUT2D eigenvalue weighted by Gasteiger charge is -2.37. The topological polar surface area (TPSA) is 78.7 Å². The van der Waals surface area contributed by atoms with Crippen LogP contribution in [0.5, 0.6) is 0 Å². The van der Waals surface area contributed by atoms with Crippen molar-refractivity contribution < 1.29 is 19.1 Å². The zero-order chi connectivity index (χ0) is 23.0. The number of hydrogen-bond donors (Lipinski definition) is 1. The van der Waals surface area contributed by atoms with E-state index in [-0.39, 0.29) is 30.2 Å². The molecule has 0 saturated carbocycles. The van der Waals surface area contributed by atoms with Crippen molar-refractivity contribution in [1.82, 2.24) is 19.6 Å². The normalized spacial score (nSPS) is 18.4. The molecule has 4 rings (SSSR count). The molecule has 172 valence electrons. The van der Waals surface area contributed by atoms with Crippen LogP contribution in [0.3, 0.4) is 0 Å². The van der Waals surface area contributed by atoms with Gasteiger partial charge in [0.05, 0.1) is 36.4 Å². The first-order valence-electron chi connectivity index (χ1n) is 11.0. The number of hydrogen-bond acceptors (Lipinski definition) is 4. The van der Waals surface area contributed by atoms with E-state index in [0.29, 0.717) is 56.0 Å². The van der Waals surface area contributed by atoms with Gasteiger partial charge in [-0.15, -0.1) is 0 Å². The van der Waals surface area contributed by atoms with Crippen molar-refractivity contribution in [2.45, 2.75) is 52.2 Å². The molecule has 1 N–H and O–H groups in total. The maximum atomic E-state index is 14.3. The molecule has 3 heterocycles. The van der Waals surface area contributed by atoms with Gasteiger partial charge < -0.3 is 10.0 Å². The molecule has 9 heteroatoms. The average Bonchev–Trinajstić information content (AvgIpc) is 3.09. The third kappa shape index (κ3) is 4.52. The molecule has 0 bridgehead atoms. The number of rotatable bonds is 5. The Kier molecular flexibility index (Phi) is 6.53. The zero-order valence-electron chi connectivity index (χ0n) is 18.4. The van der Waals surface area contributed by atoms with Crippen LogP contribution in [-0.2, 0) is 29.1 Å². The number of carbonyl (C=O) groups excluding carboxylic acids is 1. The van der Waals surface area contributed by atoms with Crippen molar-refractivity contribution in [2.24, 2.45) is 5.92 Å². The number of likely N-dealkylation sites (tertiary alicyclic amines) is 1. The fourth-order valence-corrected chi connectivity index (χ4v) is 4.92. The number of carboxylic acid groups (broad SMARTS) is 1. The van der Waals surface area contributed by atoms with Gasteiger partial charge in [0.25, 0.3) is 0 Å². The van der Waals surface area contributed by atoms with Crippen molar-refractivity contribution >= 4 is 23.5 Å². The number of nitrogens with zero attached hydrogens (tertiary/aromatic N) is 4. The van der Waals surface area contributed by atoms with E-state index in [2.05, 4.69) is 10.00 Å². The number of carboxylic acids is 1. The Morgan fingerprint density at radius 3 is 2.66 bits per heavy atom. The Bertz CT molecular complexity index is 1030. The third-order valence-corrected chi connectivity index (χ3v) is 7.01. The summed E-state index contributed by atoms with van der Waals surface area (Å²) in [5.74, 6) is -1.42. The van der Waals surface area contributed by atoms with Crippen molar-refractivity contribution in [3.05, 3.63) is 51.6 Å². The van der Waals surface area contributed by atoms with Gasteiger partial charge in [0.15, 0.2) is 0 Å². The fourth-order valence-electron chi connectivity index (χ4n) is 4.76. The van der Waals surface area contributed by atoms with Crippen molar-refractivity contribution in [2.75, 3.05) is 19.6 Å². The number of aromatic nitrogens is 2. The number of aryl methyl sites for hydroxylation is 1. The van der Waals surface area contributed by atoms with Gasteiger partial charge in [0, 0.05) is 17.1 Å². The van der Waals surface area contributed by atoms with Gasteiger partial charge in [0.2, 0.25) is 5.91 Å². The van der Waals surface area contributed by atoms with E-state index in [9.17, 15) is 19.1 Å². The molecule has 1 atom stereocenters. The molecule has 1 aromatic carbocycles. The number of fused-ring (bicyclic) bond motifs is 1. The van der Waals surface area contributed by atoms with Crippen LogP contribution >= 0.6 is 11.6 Å². The third-order valence-electron chi connectivity index (χ3n) is 6.77. The predicted molar refractivity (Wildman–Crippen MR) is 118 cm³/mol. The maximum Gasteiger partial charge on any atom is 0.306 e. The molecule has 2 aliphatic heterocycles. The van der Waals surface area contributed by atoms with Crippen LogP contribution in [0.1, 0.15) is 42.3 Å². The lowest BCUT2D eigenvalue weighted by molar-refractivity contribution is -0.144. The summed E-state index contributed by atoms with van der Waals surface area (Å²) in [6, 6.07) is 4.31. The molecule has 2 aromatic rings. The summed E-state index contributed by atoms with van der Waals surface area (Å²) in [5, 5.41) is 14.2. The summed E-state index contributed by atoms with van der Waals surface area (Å²) in [6.45, 7) is 6.37. The van der Waals surface area contributed by atoms with E-state index in [1.165, 1.54) is 6.07 Å². The van der Waals surface area contributed by atoms with E-state index >= 15 is 0 Å². The SMILES string of the molecule is Cc1nn(Cc2ccc(Cl)cc2F)c2c1CCN(C(=O)C(C)N1CCC(C(=O)O)CC1)C2. The van der Waals surface area contributed by atoms with E-state index in [1.807, 2.05) is 18.7 Å². The highest BCUT2D eigenvalue weighted by molar-refractivity contribution is 6.30. The second-order valence-electron chi connectivity index (χ2n) is 8.74. The van der Waals surface area contributed by atoms with Crippen LogP contribution in [0.25, 0.3) is 0 Å². The van der Waals surface area contributed by atoms with Crippen LogP contribution in [0, 0.1) is 18.7 Å². The van der Waals surface area contributed by atoms with Crippen molar-refractivity contribution in [3.8, 4) is 0 Å². The molecule has 1 fully saturated rings. The zero-order valence-corrected chi connectivity index (χ0v) is 19.1. The van der Waals surface area contributed by atoms with Gasteiger partial charge in [-0.2, -0.15) is 5.10 Å². The highest BCUT2D eigenvalue weighted by atomic mass is 35.5. The number of carbonyl (C=O) groups is 2. The average molecular weight is 463 g/mol. The molecular weight excluding hydrogens is 435 g/mol. The molecule has 1 aromatic heterocycles. The van der Waals surface area contributed by atoms with Gasteiger partial charge in [0.1, 0.15) is 5.82 Å². The number of aliphatic carboxylic acids is 1. The van der Waals surface area contributed by atoms with Gasteiger partial charge in [-0.05, 0) is 63.9 Å². The molecule has 1 amide bonds. The molecule has 1 saturated heterocycles. The minimum absolute atomic E-state index is 0.0347. The Hall–Kier alpha value is -2.45. The van der Waals surface area contributed by atoms with Gasteiger partial charge in [-0.25, -0.2) is 4.39 Å². The Balaban J connectivity index is 1.47. The first kappa shape index (κ1) is 22.7. The molecule has 2 aliphatic rings. The summed E-state index contributed by atoms with van der Waals surface area (Å²) in [5.41, 5.74) is 3.47. The maximum absolute atomic E-state index is 14.3. The highest BCUT2D eigenvalue weighted by Crippen LogP contribution is 2.26. The van der Waals surface area contributed by atoms with Crippen LogP contribution in [0.4, 0.5) is 4.39 Å². The number of amides is 1. The molecule has 1 unspecified atom stereocenters. The van der Waals surface area contributed by atoms with Gasteiger partial charge in [-0.3, -0.25) is 19.2 Å². The van der Waals surface area contributed by atoms with Gasteiger partial charge in [-0.1, -0.05) is 17.7 Å². The summed E-state index contributed by atoms with van der Waals surface area (Å²) >= 11 is 5.87. The minimum Gasteiger partial charge on any atom is -0.481 e. The van der Waals surface area contributed by atoms with Crippen LogP contribution < -0.4 is 0 Å². The second kappa shape index (κ2) is 9.19. The summed E-state index contributed by atoms with van der Waals surface area (Å²) in [7, 11) is 0. The highest BCUT2D eigenvalue weighted by Gasteiger charge is 2.34. The predicted octanol–water partition coefficient (Wildman–Crippen LogP) is 3.10. The quantitative estimate of drug-likeness (QED) is 0.738. The molecule has 0 spiro atoms. The van der Waals surface area contributed by atoms with E-state index in [4.69, 9.17) is 11.6 Å². The van der Waals surface area contributed by atoms with Crippen LogP contribution in [0.15, 0.2) is 18.2 Å². The fraction of sp³-hybridized carbons (Fsp3) is 0.522. The molecule has 7 nitrogen and oxygen atoms in total. The van der Waals surface area contributed by atoms with Crippen LogP contribution in [0.2, 0.25) is 5.02 Å². The summed E-state index contributed by atoms with van der Waals surface area (Å²) < 4.78 is 16.1. The van der Waals surface area contributed by atoms with Gasteiger partial charge >= 0.3 is 5.97 Å². The number of piperidine rings is 1. The first-order chi connectivity index (χ1) is 15.2. The standard InChI is InChI=1S/C23H28ClFN4O3/c1-14-19-7-10-28(22(30)15(2)27-8-5-16(6-9-27)23(31)32)13-21(19)29(26-14)12-17-3-4-18(24)11-20(17)25/h3-4,11,15-16H,5-10,12-13H2,1-2H3,(H,31,32). The van der Waals surface area contributed by atoms with E-state index in [0.717, 1.165) is 17.0 Å². The minimum atomic E-state index is -0.757. The van der Waals surface area contributed by atoms with E-state index in [1.54, 1.807) is 16.8 Å². The molecule has 32 heavy (non-hydrogen) atoms. The smallest absolute Gasteiger partial charge is 0.306 e. The molecular formula is C23H28ClFN4O3. The van der Waals surface area contributed by atoms with Crippen molar-refractivity contribution in [1.29, 1.82) is 0 Å². The first-order valence-corrected chi connectivity index (χ1v) is 11.4. The summed E-state index contributed by atoms with van der Waals surface area (Å²) in [4.78, 5) is 28.4. The molecule has 0 radical (unpaired) electrons.